The summed E-state index contributed by atoms with van der Waals surface area (Å²) in [6.45, 7) is 2.28. The van der Waals surface area contributed by atoms with Crippen LogP contribution in [0.3, 0.4) is 0 Å². The number of carbonyl (C=O) groups excluding carboxylic acids is 1. The third-order valence-corrected chi connectivity index (χ3v) is 8.52. The van der Waals surface area contributed by atoms with Crippen molar-refractivity contribution in [1.82, 2.24) is 5.32 Å². The molecule has 6 aliphatic rings. The Kier molecular flexibility index (Phi) is 3.36. The molecule has 4 atom stereocenters. The molecule has 23 heavy (non-hydrogen) atoms. The van der Waals surface area contributed by atoms with Crippen molar-refractivity contribution in [2.45, 2.75) is 83.6 Å². The minimum Gasteiger partial charge on any atom is -0.353 e. The van der Waals surface area contributed by atoms with E-state index in [1.807, 2.05) is 0 Å². The van der Waals surface area contributed by atoms with Crippen LogP contribution in [-0.4, -0.2) is 11.9 Å². The van der Waals surface area contributed by atoms with Gasteiger partial charge in [0.25, 0.3) is 0 Å². The second-order valence-electron chi connectivity index (χ2n) is 10.3. The fourth-order valence-corrected chi connectivity index (χ4v) is 8.17. The van der Waals surface area contributed by atoms with Gasteiger partial charge in [0.05, 0.1) is 0 Å². The first-order valence-electron chi connectivity index (χ1n) is 10.4. The molecule has 2 heteroatoms. The van der Waals surface area contributed by atoms with E-state index >= 15 is 0 Å². The summed E-state index contributed by atoms with van der Waals surface area (Å²) in [4.78, 5) is 12.8. The zero-order valence-corrected chi connectivity index (χ0v) is 14.7. The molecule has 1 amide bonds. The van der Waals surface area contributed by atoms with Crippen molar-refractivity contribution >= 4 is 5.91 Å². The molecular weight excluding hydrogens is 282 g/mol. The number of amides is 1. The Balaban J connectivity index is 1.20. The molecule has 1 N–H and O–H groups in total. The van der Waals surface area contributed by atoms with Crippen LogP contribution in [0.1, 0.15) is 77.6 Å². The van der Waals surface area contributed by atoms with E-state index in [0.717, 1.165) is 41.9 Å². The van der Waals surface area contributed by atoms with Crippen LogP contribution in [0.4, 0.5) is 0 Å². The Morgan fingerprint density at radius 1 is 0.957 bits per heavy atom. The zero-order chi connectivity index (χ0) is 15.6. The number of nitrogens with one attached hydrogen (secondary N) is 1. The predicted octanol–water partition coefficient (Wildman–Crippen LogP) is 4.53. The molecule has 6 fully saturated rings. The highest BCUT2D eigenvalue weighted by Gasteiger charge is 2.51. The quantitative estimate of drug-likeness (QED) is 0.811. The average Bonchev–Trinajstić information content (AvgIpc) is 3.07. The van der Waals surface area contributed by atoms with Crippen molar-refractivity contribution in [1.29, 1.82) is 0 Å². The van der Waals surface area contributed by atoms with E-state index in [4.69, 9.17) is 0 Å². The Morgan fingerprint density at radius 3 is 2.13 bits per heavy atom. The van der Waals surface area contributed by atoms with Gasteiger partial charge < -0.3 is 5.32 Å². The fraction of sp³-hybridized carbons (Fsp3) is 0.952. The molecule has 128 valence electrons. The largest absolute Gasteiger partial charge is 0.353 e. The van der Waals surface area contributed by atoms with Gasteiger partial charge in [0.1, 0.15) is 0 Å². The van der Waals surface area contributed by atoms with Crippen LogP contribution in [0.2, 0.25) is 0 Å². The molecule has 0 aromatic carbocycles. The van der Waals surface area contributed by atoms with E-state index < -0.39 is 0 Å². The van der Waals surface area contributed by atoms with Gasteiger partial charge in [0.15, 0.2) is 0 Å². The molecule has 6 bridgehead atoms. The van der Waals surface area contributed by atoms with E-state index in [1.54, 1.807) is 0 Å². The fourth-order valence-electron chi connectivity index (χ4n) is 8.17. The van der Waals surface area contributed by atoms with Crippen LogP contribution in [0, 0.1) is 40.9 Å². The molecule has 6 aliphatic carbocycles. The maximum absolute atomic E-state index is 12.8. The molecule has 0 aromatic heterocycles. The van der Waals surface area contributed by atoms with Crippen LogP contribution in [0.25, 0.3) is 0 Å². The van der Waals surface area contributed by atoms with Gasteiger partial charge in [-0.3, -0.25) is 4.79 Å². The van der Waals surface area contributed by atoms with E-state index in [9.17, 15) is 4.79 Å². The molecule has 0 radical (unpaired) electrons. The van der Waals surface area contributed by atoms with Crippen molar-refractivity contribution < 1.29 is 4.79 Å². The number of carbonyl (C=O) groups is 1. The summed E-state index contributed by atoms with van der Waals surface area (Å²) in [5, 5.41) is 3.44. The molecule has 0 aromatic rings. The first kappa shape index (κ1) is 14.8. The summed E-state index contributed by atoms with van der Waals surface area (Å²) in [7, 11) is 0. The lowest BCUT2D eigenvalue weighted by atomic mass is 9.49. The topological polar surface area (TPSA) is 29.1 Å². The summed E-state index contributed by atoms with van der Waals surface area (Å²) in [6.07, 6.45) is 15.0. The number of rotatable bonds is 4. The first-order valence-corrected chi connectivity index (χ1v) is 10.4. The summed E-state index contributed by atoms with van der Waals surface area (Å²) < 4.78 is 0. The molecule has 2 nitrogen and oxygen atoms in total. The van der Waals surface area contributed by atoms with Crippen molar-refractivity contribution in [3.63, 3.8) is 0 Å². The lowest BCUT2D eigenvalue weighted by Crippen LogP contribution is -2.49. The summed E-state index contributed by atoms with van der Waals surface area (Å²) in [6, 6.07) is 0.409. The smallest absolute Gasteiger partial charge is 0.220 e. The van der Waals surface area contributed by atoms with E-state index in [-0.39, 0.29) is 0 Å². The van der Waals surface area contributed by atoms with Crippen LogP contribution in [0.5, 0.6) is 0 Å². The van der Waals surface area contributed by atoms with Gasteiger partial charge in [-0.05, 0) is 106 Å². The lowest BCUT2D eigenvalue weighted by Gasteiger charge is -2.56. The Morgan fingerprint density at radius 2 is 1.61 bits per heavy atom. The monoisotopic (exact) mass is 315 g/mol. The Hall–Kier alpha value is -0.530. The van der Waals surface area contributed by atoms with Gasteiger partial charge in [-0.25, -0.2) is 0 Å². The van der Waals surface area contributed by atoms with Gasteiger partial charge in [-0.1, -0.05) is 6.42 Å². The standard InChI is InChI=1S/C21H33NO/c1-13(19-8-14-2-3-18(19)7-14)22-20(23)12-21-9-15-4-16(10-21)6-17(5-15)11-21/h13-19H,2-12H2,1H3,(H,22,23)/t13-,14-,15?,16?,17?,18-,19+,21?/m1/s1. The van der Waals surface area contributed by atoms with Gasteiger partial charge >= 0.3 is 0 Å². The maximum atomic E-state index is 12.8. The normalized spacial score (nSPS) is 51.2. The molecule has 0 saturated heterocycles. The molecule has 0 aliphatic heterocycles. The summed E-state index contributed by atoms with van der Waals surface area (Å²) in [5.74, 6) is 5.91. The Labute approximate surface area is 141 Å². The van der Waals surface area contributed by atoms with Gasteiger partial charge in [-0.15, -0.1) is 0 Å². The molecule has 0 spiro atoms. The molecule has 0 unspecified atom stereocenters. The SMILES string of the molecule is C[C@@H](NC(=O)CC12CC3CC(CC(C3)C1)C2)[C@@H]1C[C@@H]2CC[C@@H]1C2. The average molecular weight is 316 g/mol. The minimum atomic E-state index is 0.377. The third kappa shape index (κ3) is 2.55. The highest BCUT2D eigenvalue weighted by atomic mass is 16.1. The van der Waals surface area contributed by atoms with Gasteiger partial charge in [-0.2, -0.15) is 0 Å². The van der Waals surface area contributed by atoms with Crippen LogP contribution >= 0.6 is 0 Å². The van der Waals surface area contributed by atoms with E-state index in [1.165, 1.54) is 64.2 Å². The summed E-state index contributed by atoms with van der Waals surface area (Å²) >= 11 is 0. The molecule has 0 heterocycles. The van der Waals surface area contributed by atoms with E-state index in [2.05, 4.69) is 12.2 Å². The highest BCUT2D eigenvalue weighted by Crippen LogP contribution is 2.61. The minimum absolute atomic E-state index is 0.377. The van der Waals surface area contributed by atoms with Gasteiger partial charge in [0, 0.05) is 12.5 Å². The first-order chi connectivity index (χ1) is 11.1. The Bertz CT molecular complexity index is 463. The molecule has 6 saturated carbocycles. The third-order valence-electron chi connectivity index (χ3n) is 8.52. The lowest BCUT2D eigenvalue weighted by molar-refractivity contribution is -0.130. The number of hydrogen-bond acceptors (Lipinski definition) is 1. The van der Waals surface area contributed by atoms with Crippen LogP contribution in [-0.2, 0) is 4.79 Å². The van der Waals surface area contributed by atoms with Crippen molar-refractivity contribution in [2.24, 2.45) is 40.9 Å². The maximum Gasteiger partial charge on any atom is 0.220 e. The molecular formula is C21H33NO. The van der Waals surface area contributed by atoms with Gasteiger partial charge in [0.2, 0.25) is 5.91 Å². The molecule has 6 rings (SSSR count). The zero-order valence-electron chi connectivity index (χ0n) is 14.7. The second kappa shape index (κ2) is 5.23. The summed E-state index contributed by atoms with van der Waals surface area (Å²) in [5.41, 5.74) is 0.396. The van der Waals surface area contributed by atoms with Crippen molar-refractivity contribution in [3.8, 4) is 0 Å². The highest BCUT2D eigenvalue weighted by molar-refractivity contribution is 5.77. The number of hydrogen-bond donors (Lipinski definition) is 1. The van der Waals surface area contributed by atoms with Crippen LogP contribution in [0.15, 0.2) is 0 Å². The number of fused-ring (bicyclic) bond motifs is 2. The van der Waals surface area contributed by atoms with E-state index in [0.29, 0.717) is 17.4 Å². The van der Waals surface area contributed by atoms with Crippen molar-refractivity contribution in [3.05, 3.63) is 0 Å². The van der Waals surface area contributed by atoms with Crippen molar-refractivity contribution in [2.75, 3.05) is 0 Å². The van der Waals surface area contributed by atoms with Crippen LogP contribution < -0.4 is 5.32 Å². The predicted molar refractivity (Wildman–Crippen MR) is 91.8 cm³/mol. The second-order valence-corrected chi connectivity index (χ2v) is 10.3.